The molecule has 0 spiro atoms. The van der Waals surface area contributed by atoms with Crippen LogP contribution in [0.2, 0.25) is 0 Å². The first kappa shape index (κ1) is 47.5. The van der Waals surface area contributed by atoms with Crippen molar-refractivity contribution in [1.29, 1.82) is 0 Å². The molecule has 0 radical (unpaired) electrons. The molecule has 0 aliphatic heterocycles. The van der Waals surface area contributed by atoms with Crippen molar-refractivity contribution in [3.8, 4) is 0 Å². The monoisotopic (exact) mass is 1550 g/mol. The van der Waals surface area contributed by atoms with Gasteiger partial charge in [0.2, 0.25) is 0 Å². The standard InChI is InChI=1S/C48H24Br12/c49-37-15-27-3-4-29-17-42(54)31(19-41(29)53)7-8-33-21-46(58)35(23-45(33)57)11-12-36-24-47(59)34(22-48(36)60)10-9-32-20-43(55)30(18-44(32)56)6-5-28-16-39(51)26(14-40(28)52)2-1-25(37)13-38(27)50/h1-24H/b2-1-,4-3-,6-5-,8-7-,10-9-,12-11-,25-1?,26-2?,27-3?,28-5?,29-4?,30-6?,31-7?,32-9?,33-8?,34-10?,35-11?,36-12?. The Labute approximate surface area is 450 Å². The van der Waals surface area contributed by atoms with E-state index in [2.05, 4.69) is 337 Å². The van der Waals surface area contributed by atoms with Gasteiger partial charge in [0.05, 0.1) is 0 Å². The van der Waals surface area contributed by atoms with Crippen molar-refractivity contribution in [2.24, 2.45) is 0 Å². The zero-order valence-corrected chi connectivity index (χ0v) is 49.4. The highest BCUT2D eigenvalue weighted by Crippen LogP contribution is 2.37. The van der Waals surface area contributed by atoms with Gasteiger partial charge in [-0.25, -0.2) is 0 Å². The minimum Gasteiger partial charge on any atom is -0.0532 e. The molecule has 12 heteroatoms. The van der Waals surface area contributed by atoms with Crippen molar-refractivity contribution in [3.63, 3.8) is 0 Å². The van der Waals surface area contributed by atoms with E-state index in [0.717, 1.165) is 120 Å². The van der Waals surface area contributed by atoms with Crippen LogP contribution in [0, 0.1) is 0 Å². The van der Waals surface area contributed by atoms with E-state index >= 15 is 0 Å². The van der Waals surface area contributed by atoms with Crippen molar-refractivity contribution in [1.82, 2.24) is 0 Å². The molecule has 0 saturated carbocycles. The zero-order valence-electron chi connectivity index (χ0n) is 30.4. The summed E-state index contributed by atoms with van der Waals surface area (Å²) in [6, 6.07) is 25.5. The third-order valence-corrected chi connectivity index (χ3v) is 17.6. The Hall–Kier alpha value is -0.480. The van der Waals surface area contributed by atoms with E-state index in [1.54, 1.807) is 0 Å². The van der Waals surface area contributed by atoms with E-state index in [1.807, 2.05) is 0 Å². The predicted octanol–water partition coefficient (Wildman–Crippen LogP) is 22.2. The van der Waals surface area contributed by atoms with Crippen LogP contribution in [-0.2, 0) is 0 Å². The fraction of sp³-hybridized carbons (Fsp3) is 0. The van der Waals surface area contributed by atoms with Crippen LogP contribution in [0.4, 0.5) is 0 Å². The van der Waals surface area contributed by atoms with Gasteiger partial charge in [-0.05, 0) is 140 Å². The Balaban J connectivity index is 1.28. The second kappa shape index (κ2) is 21.2. The highest BCUT2D eigenvalue weighted by atomic mass is 79.9. The maximum absolute atomic E-state index is 3.82. The third kappa shape index (κ3) is 11.7. The second-order valence-corrected chi connectivity index (χ2v) is 23.6. The Bertz CT molecular complexity index is 2200. The Morgan fingerprint density at radius 2 is 0.200 bits per heavy atom. The van der Waals surface area contributed by atoms with Crippen LogP contribution in [0.5, 0.6) is 0 Å². The number of benzene rings is 6. The molecule has 60 heavy (non-hydrogen) atoms. The van der Waals surface area contributed by atoms with E-state index in [4.69, 9.17) is 0 Å². The normalized spacial score (nSPS) is 15.8. The minimum absolute atomic E-state index is 0.986. The number of hydrogen-bond donors (Lipinski definition) is 0. The van der Waals surface area contributed by atoms with Crippen LogP contribution in [0.1, 0.15) is 66.8 Å². The smallest absolute Gasteiger partial charge is 0.0254 e. The van der Waals surface area contributed by atoms with Crippen LogP contribution >= 0.6 is 191 Å². The average Bonchev–Trinajstić information content (AvgIpc) is 3.20. The summed E-state index contributed by atoms with van der Waals surface area (Å²) in [7, 11) is 0. The molecule has 0 fully saturated rings. The molecule has 0 aromatic heterocycles. The maximum Gasteiger partial charge on any atom is 0.0254 e. The lowest BCUT2D eigenvalue weighted by atomic mass is 10.0. The molecule has 12 bridgehead atoms. The molecular weight excluding hydrogens is 1540 g/mol. The van der Waals surface area contributed by atoms with Crippen LogP contribution in [0.3, 0.4) is 0 Å². The number of halogens is 12. The SMILES string of the molecule is Brc1cc2c(Br)cc1/C=C\c1cc(Br)c(cc1Br)/C=C\c1cc(Br)c(cc1Br)/C=C\c1cc(Br)c(cc1Br)/C=C\c1cc(Br)c(cc1Br)/C=C\c1cc(Br)c(cc1Br)/C=C\2. The molecule has 0 atom stereocenters. The first-order valence-electron chi connectivity index (χ1n) is 17.7. The maximum atomic E-state index is 3.82. The Morgan fingerprint density at radius 3 is 0.267 bits per heavy atom. The summed E-state index contributed by atoms with van der Waals surface area (Å²) in [6.45, 7) is 0. The topological polar surface area (TPSA) is 0 Å². The Morgan fingerprint density at radius 1 is 0.133 bits per heavy atom. The van der Waals surface area contributed by atoms with Gasteiger partial charge in [-0.1, -0.05) is 264 Å². The van der Waals surface area contributed by atoms with Gasteiger partial charge in [0.15, 0.2) is 0 Å². The highest BCUT2D eigenvalue weighted by Gasteiger charge is 2.11. The van der Waals surface area contributed by atoms with Gasteiger partial charge in [0.1, 0.15) is 0 Å². The van der Waals surface area contributed by atoms with Gasteiger partial charge in [-0.2, -0.15) is 0 Å². The fourth-order valence-electron chi connectivity index (χ4n) is 6.08. The van der Waals surface area contributed by atoms with Gasteiger partial charge in [0, 0.05) is 53.7 Å². The summed E-state index contributed by atoms with van der Waals surface area (Å²) in [6.07, 6.45) is 25.3. The molecule has 0 unspecified atom stereocenters. The summed E-state index contributed by atoms with van der Waals surface area (Å²) in [5.41, 5.74) is 12.6. The molecule has 0 heterocycles. The average molecular weight is 1560 g/mol. The van der Waals surface area contributed by atoms with Crippen LogP contribution in [0.25, 0.3) is 72.9 Å². The summed E-state index contributed by atoms with van der Waals surface area (Å²) >= 11 is 45.8. The molecule has 22 rings (SSSR count). The summed E-state index contributed by atoms with van der Waals surface area (Å²) < 4.78 is 11.8. The predicted molar refractivity (Wildman–Crippen MR) is 305 cm³/mol. The molecule has 16 aliphatic rings. The van der Waals surface area contributed by atoms with E-state index in [0.29, 0.717) is 0 Å². The highest BCUT2D eigenvalue weighted by molar-refractivity contribution is 9.12. The molecule has 6 aromatic carbocycles. The van der Waals surface area contributed by atoms with Gasteiger partial charge < -0.3 is 0 Å². The van der Waals surface area contributed by atoms with Crippen LogP contribution in [-0.4, -0.2) is 0 Å². The van der Waals surface area contributed by atoms with Gasteiger partial charge in [-0.15, -0.1) is 0 Å². The molecular formula is C48H24Br12. The lowest BCUT2D eigenvalue weighted by Crippen LogP contribution is -1.86. The van der Waals surface area contributed by atoms with Crippen molar-refractivity contribution >= 4 is 264 Å². The third-order valence-electron chi connectivity index (χ3n) is 9.35. The molecule has 300 valence electrons. The minimum atomic E-state index is 0.986. The van der Waals surface area contributed by atoms with E-state index < -0.39 is 0 Å². The van der Waals surface area contributed by atoms with Crippen molar-refractivity contribution < 1.29 is 0 Å². The van der Waals surface area contributed by atoms with E-state index in [-0.39, 0.29) is 0 Å². The fourth-order valence-corrected chi connectivity index (χ4v) is 12.0. The van der Waals surface area contributed by atoms with Crippen LogP contribution < -0.4 is 0 Å². The van der Waals surface area contributed by atoms with Gasteiger partial charge in [-0.3, -0.25) is 0 Å². The van der Waals surface area contributed by atoms with E-state index in [1.165, 1.54) is 0 Å². The largest absolute Gasteiger partial charge is 0.0532 e. The lowest BCUT2D eigenvalue weighted by molar-refractivity contribution is 1.50. The number of rotatable bonds is 0. The molecule has 6 aromatic rings. The van der Waals surface area contributed by atoms with Crippen molar-refractivity contribution in [2.45, 2.75) is 0 Å². The number of hydrogen-bond acceptors (Lipinski definition) is 0. The zero-order chi connectivity index (χ0) is 42.8. The lowest BCUT2D eigenvalue weighted by Gasteiger charge is -2.09. The molecule has 16 aliphatic carbocycles. The summed E-state index contributed by atoms with van der Waals surface area (Å²) in [5, 5.41) is 0. The molecule has 0 amide bonds. The van der Waals surface area contributed by atoms with E-state index in [9.17, 15) is 0 Å². The first-order chi connectivity index (χ1) is 28.6. The molecule has 0 nitrogen and oxygen atoms in total. The molecule has 0 saturated heterocycles. The first-order valence-corrected chi connectivity index (χ1v) is 27.2. The molecule has 0 N–H and O–H groups in total. The van der Waals surface area contributed by atoms with Gasteiger partial charge in [0.25, 0.3) is 0 Å². The summed E-state index contributed by atoms with van der Waals surface area (Å²) in [4.78, 5) is 0. The second-order valence-electron chi connectivity index (χ2n) is 13.4. The van der Waals surface area contributed by atoms with Crippen LogP contribution in [0.15, 0.2) is 126 Å². The Kier molecular flexibility index (Phi) is 16.8. The quantitative estimate of drug-likeness (QED) is 0.142. The van der Waals surface area contributed by atoms with Crippen molar-refractivity contribution in [3.05, 3.63) is 193 Å². The summed E-state index contributed by atoms with van der Waals surface area (Å²) in [5.74, 6) is 0. The van der Waals surface area contributed by atoms with Gasteiger partial charge >= 0.3 is 0 Å². The van der Waals surface area contributed by atoms with Crippen molar-refractivity contribution in [2.75, 3.05) is 0 Å².